The van der Waals surface area contributed by atoms with E-state index in [9.17, 15) is 9.90 Å². The molecule has 0 aliphatic heterocycles. The summed E-state index contributed by atoms with van der Waals surface area (Å²) >= 11 is 0. The van der Waals surface area contributed by atoms with Crippen LogP contribution in [0.3, 0.4) is 0 Å². The number of carbonyl (C=O) groups is 1. The van der Waals surface area contributed by atoms with Crippen molar-refractivity contribution >= 4 is 5.91 Å². The molecule has 2 aliphatic rings. The molecule has 3 rings (SSSR count). The van der Waals surface area contributed by atoms with E-state index in [2.05, 4.69) is 9.88 Å². The van der Waals surface area contributed by atoms with E-state index in [0.717, 1.165) is 31.4 Å². The lowest BCUT2D eigenvalue weighted by Crippen LogP contribution is -2.38. The Morgan fingerprint density at radius 3 is 2.79 bits per heavy atom. The predicted octanol–water partition coefficient (Wildman–Crippen LogP) is 2.11. The van der Waals surface area contributed by atoms with Crippen molar-refractivity contribution in [2.45, 2.75) is 44.6 Å². The standard InChI is InChI=1S/C15H22N2O2/c18-11-15(7-1-2-8-15)10-16-14(19)13-4-3-9-17(13)12-5-6-12/h3-4,9,12,18H,1-2,5-8,10-11H2,(H,16,19). The Kier molecular flexibility index (Phi) is 3.35. The van der Waals surface area contributed by atoms with Crippen molar-refractivity contribution < 1.29 is 9.90 Å². The largest absolute Gasteiger partial charge is 0.396 e. The Morgan fingerprint density at radius 2 is 2.16 bits per heavy atom. The Balaban J connectivity index is 1.63. The molecule has 2 aliphatic carbocycles. The lowest BCUT2D eigenvalue weighted by Gasteiger charge is -2.26. The van der Waals surface area contributed by atoms with Crippen molar-refractivity contribution in [2.75, 3.05) is 13.2 Å². The van der Waals surface area contributed by atoms with Crippen LogP contribution in [0.4, 0.5) is 0 Å². The molecule has 1 amide bonds. The highest BCUT2D eigenvalue weighted by atomic mass is 16.3. The molecule has 1 aromatic heterocycles. The minimum absolute atomic E-state index is 0.00313. The van der Waals surface area contributed by atoms with Crippen molar-refractivity contribution in [3.63, 3.8) is 0 Å². The Morgan fingerprint density at radius 1 is 1.42 bits per heavy atom. The van der Waals surface area contributed by atoms with Crippen LogP contribution in [0.2, 0.25) is 0 Å². The number of amides is 1. The first-order valence-corrected chi connectivity index (χ1v) is 7.30. The van der Waals surface area contributed by atoms with E-state index in [-0.39, 0.29) is 17.9 Å². The van der Waals surface area contributed by atoms with E-state index in [1.807, 2.05) is 18.3 Å². The fourth-order valence-electron chi connectivity index (χ4n) is 3.13. The quantitative estimate of drug-likeness (QED) is 0.854. The average molecular weight is 262 g/mol. The molecule has 0 radical (unpaired) electrons. The summed E-state index contributed by atoms with van der Waals surface area (Å²) in [5.41, 5.74) is 0.681. The van der Waals surface area contributed by atoms with Crippen LogP contribution >= 0.6 is 0 Å². The van der Waals surface area contributed by atoms with Crippen LogP contribution in [0.15, 0.2) is 18.3 Å². The third-order valence-corrected chi connectivity index (χ3v) is 4.58. The maximum absolute atomic E-state index is 12.3. The number of aliphatic hydroxyl groups excluding tert-OH is 1. The van der Waals surface area contributed by atoms with E-state index in [4.69, 9.17) is 0 Å². The van der Waals surface area contributed by atoms with Crippen molar-refractivity contribution in [1.29, 1.82) is 0 Å². The van der Waals surface area contributed by atoms with Crippen LogP contribution in [0.1, 0.15) is 55.1 Å². The summed E-state index contributed by atoms with van der Waals surface area (Å²) < 4.78 is 2.08. The molecule has 19 heavy (non-hydrogen) atoms. The van der Waals surface area contributed by atoms with Gasteiger partial charge in [-0.3, -0.25) is 4.79 Å². The van der Waals surface area contributed by atoms with Crippen LogP contribution in [-0.2, 0) is 0 Å². The minimum atomic E-state index is -0.0767. The zero-order valence-electron chi connectivity index (χ0n) is 11.3. The summed E-state index contributed by atoms with van der Waals surface area (Å²) in [5.74, 6) is -0.00313. The van der Waals surface area contributed by atoms with Crippen LogP contribution in [0.25, 0.3) is 0 Å². The van der Waals surface area contributed by atoms with Gasteiger partial charge in [0.25, 0.3) is 5.91 Å². The first kappa shape index (κ1) is 12.7. The molecule has 0 bridgehead atoms. The molecular weight excluding hydrogens is 240 g/mol. The summed E-state index contributed by atoms with van der Waals surface area (Å²) in [4.78, 5) is 12.3. The van der Waals surface area contributed by atoms with Crippen molar-refractivity contribution in [3.8, 4) is 0 Å². The van der Waals surface area contributed by atoms with Gasteiger partial charge in [0.15, 0.2) is 0 Å². The average Bonchev–Trinajstić information content (AvgIpc) is 2.98. The summed E-state index contributed by atoms with van der Waals surface area (Å²) in [6.45, 7) is 0.773. The van der Waals surface area contributed by atoms with E-state index in [0.29, 0.717) is 12.6 Å². The van der Waals surface area contributed by atoms with Gasteiger partial charge in [-0.1, -0.05) is 12.8 Å². The molecule has 2 N–H and O–H groups in total. The fourth-order valence-corrected chi connectivity index (χ4v) is 3.13. The van der Waals surface area contributed by atoms with E-state index >= 15 is 0 Å². The Hall–Kier alpha value is -1.29. The van der Waals surface area contributed by atoms with Gasteiger partial charge >= 0.3 is 0 Å². The molecule has 104 valence electrons. The summed E-state index contributed by atoms with van der Waals surface area (Å²) in [5, 5.41) is 12.6. The Labute approximate surface area is 113 Å². The highest BCUT2D eigenvalue weighted by molar-refractivity contribution is 5.92. The van der Waals surface area contributed by atoms with Crippen LogP contribution in [-0.4, -0.2) is 28.7 Å². The molecule has 0 aromatic carbocycles. The predicted molar refractivity (Wildman–Crippen MR) is 73.0 cm³/mol. The number of aliphatic hydroxyl groups is 1. The second-order valence-electron chi connectivity index (χ2n) is 6.08. The van der Waals surface area contributed by atoms with Crippen LogP contribution in [0.5, 0.6) is 0 Å². The minimum Gasteiger partial charge on any atom is -0.396 e. The molecule has 0 spiro atoms. The molecule has 2 saturated carbocycles. The SMILES string of the molecule is O=C(NCC1(CO)CCCC1)c1cccn1C1CC1. The van der Waals surface area contributed by atoms with Gasteiger partial charge in [0.1, 0.15) is 5.69 Å². The number of rotatable bonds is 5. The number of nitrogens with zero attached hydrogens (tertiary/aromatic N) is 1. The van der Waals surface area contributed by atoms with E-state index < -0.39 is 0 Å². The molecule has 2 fully saturated rings. The molecule has 1 aromatic rings. The summed E-state index contributed by atoms with van der Waals surface area (Å²) in [6.07, 6.45) is 8.71. The van der Waals surface area contributed by atoms with Gasteiger partial charge in [0, 0.05) is 24.2 Å². The highest BCUT2D eigenvalue weighted by Gasteiger charge is 2.34. The van der Waals surface area contributed by atoms with Crippen molar-refractivity contribution in [3.05, 3.63) is 24.0 Å². The van der Waals surface area contributed by atoms with Gasteiger partial charge in [-0.05, 0) is 37.8 Å². The smallest absolute Gasteiger partial charge is 0.267 e. The number of aromatic nitrogens is 1. The molecular formula is C15H22N2O2. The maximum atomic E-state index is 12.3. The van der Waals surface area contributed by atoms with E-state index in [1.54, 1.807) is 0 Å². The lowest BCUT2D eigenvalue weighted by atomic mass is 9.87. The number of carbonyl (C=O) groups excluding carboxylic acids is 1. The first-order chi connectivity index (χ1) is 9.24. The molecule has 0 unspecified atom stereocenters. The number of hydrogen-bond donors (Lipinski definition) is 2. The molecule has 0 atom stereocenters. The third-order valence-electron chi connectivity index (χ3n) is 4.58. The lowest BCUT2D eigenvalue weighted by molar-refractivity contribution is 0.0872. The monoisotopic (exact) mass is 262 g/mol. The highest BCUT2D eigenvalue weighted by Crippen LogP contribution is 2.37. The molecule has 0 saturated heterocycles. The first-order valence-electron chi connectivity index (χ1n) is 7.30. The summed E-state index contributed by atoms with van der Waals surface area (Å²) in [6, 6.07) is 4.34. The zero-order chi connectivity index (χ0) is 13.3. The second kappa shape index (κ2) is 5.00. The van der Waals surface area contributed by atoms with Gasteiger partial charge in [-0.15, -0.1) is 0 Å². The second-order valence-corrected chi connectivity index (χ2v) is 6.08. The zero-order valence-corrected chi connectivity index (χ0v) is 11.3. The molecule has 1 heterocycles. The van der Waals surface area contributed by atoms with Gasteiger partial charge in [-0.2, -0.15) is 0 Å². The van der Waals surface area contributed by atoms with Crippen molar-refractivity contribution in [2.24, 2.45) is 5.41 Å². The topological polar surface area (TPSA) is 54.3 Å². The number of hydrogen-bond acceptors (Lipinski definition) is 2. The molecule has 4 heteroatoms. The van der Waals surface area contributed by atoms with Crippen molar-refractivity contribution in [1.82, 2.24) is 9.88 Å². The van der Waals surface area contributed by atoms with Gasteiger partial charge in [0.2, 0.25) is 0 Å². The summed E-state index contributed by atoms with van der Waals surface area (Å²) in [7, 11) is 0. The van der Waals surface area contributed by atoms with E-state index in [1.165, 1.54) is 12.8 Å². The number of nitrogens with one attached hydrogen (secondary N) is 1. The van der Waals surface area contributed by atoms with Gasteiger partial charge in [0.05, 0.1) is 6.61 Å². The third kappa shape index (κ3) is 2.54. The van der Waals surface area contributed by atoms with Crippen LogP contribution < -0.4 is 5.32 Å². The normalized spacial score (nSPS) is 21.5. The van der Waals surface area contributed by atoms with Crippen LogP contribution in [0, 0.1) is 5.41 Å². The molecule has 4 nitrogen and oxygen atoms in total. The van der Waals surface area contributed by atoms with Gasteiger partial charge < -0.3 is 15.0 Å². The Bertz CT molecular complexity index is 456. The maximum Gasteiger partial charge on any atom is 0.267 e. The fraction of sp³-hybridized carbons (Fsp3) is 0.667. The van der Waals surface area contributed by atoms with Gasteiger partial charge in [-0.25, -0.2) is 0 Å².